The van der Waals surface area contributed by atoms with Crippen LogP contribution in [0.2, 0.25) is 0 Å². The Bertz CT molecular complexity index is 1090. The van der Waals surface area contributed by atoms with E-state index < -0.39 is 18.0 Å². The van der Waals surface area contributed by atoms with Gasteiger partial charge >= 0.3 is 5.97 Å². The highest BCUT2D eigenvalue weighted by molar-refractivity contribution is 5.96. The number of anilines is 1. The molecule has 0 aliphatic heterocycles. The predicted octanol–water partition coefficient (Wildman–Crippen LogP) is 4.81. The molecule has 0 aromatic heterocycles. The fourth-order valence-corrected chi connectivity index (χ4v) is 3.25. The predicted molar refractivity (Wildman–Crippen MR) is 122 cm³/mol. The molecule has 0 aliphatic carbocycles. The van der Waals surface area contributed by atoms with E-state index in [1.54, 1.807) is 48.5 Å². The van der Waals surface area contributed by atoms with Gasteiger partial charge in [-0.15, -0.1) is 0 Å². The summed E-state index contributed by atoms with van der Waals surface area (Å²) in [7, 11) is 0. The van der Waals surface area contributed by atoms with Gasteiger partial charge in [-0.25, -0.2) is 4.79 Å². The Hall–Kier alpha value is -3.93. The van der Waals surface area contributed by atoms with Crippen molar-refractivity contribution in [3.8, 4) is 5.75 Å². The van der Waals surface area contributed by atoms with Gasteiger partial charge in [0.1, 0.15) is 5.75 Å². The van der Waals surface area contributed by atoms with Crippen molar-refractivity contribution in [3.63, 3.8) is 0 Å². The zero-order valence-electron chi connectivity index (χ0n) is 18.3. The number of nitrogens with one attached hydrogen (secondary N) is 1. The molecule has 1 unspecified atom stereocenters. The molecule has 6 nitrogen and oxygen atoms in total. The van der Waals surface area contributed by atoms with Gasteiger partial charge < -0.3 is 14.8 Å². The molecular weight excluding hydrogens is 406 g/mol. The first-order valence-corrected chi connectivity index (χ1v) is 10.2. The molecule has 1 amide bonds. The lowest BCUT2D eigenvalue weighted by Crippen LogP contribution is -2.28. The van der Waals surface area contributed by atoms with Crippen molar-refractivity contribution < 1.29 is 23.9 Å². The van der Waals surface area contributed by atoms with Gasteiger partial charge in [0.25, 0.3) is 5.91 Å². The van der Waals surface area contributed by atoms with Gasteiger partial charge in [0, 0.05) is 16.8 Å². The number of ether oxygens (including phenoxy) is 2. The summed E-state index contributed by atoms with van der Waals surface area (Å²) in [6.45, 7) is 4.98. The third-order valence-corrected chi connectivity index (χ3v) is 4.70. The van der Waals surface area contributed by atoms with Gasteiger partial charge in [0.15, 0.2) is 12.4 Å². The average molecular weight is 431 g/mol. The van der Waals surface area contributed by atoms with E-state index in [1.807, 2.05) is 38.1 Å². The van der Waals surface area contributed by atoms with E-state index >= 15 is 0 Å². The van der Waals surface area contributed by atoms with Crippen molar-refractivity contribution in [2.24, 2.45) is 0 Å². The van der Waals surface area contributed by atoms with Crippen LogP contribution in [0.25, 0.3) is 0 Å². The number of Topliss-reactive ketones (excluding diaryl/α,β-unsaturated/α-hetero) is 1. The van der Waals surface area contributed by atoms with Crippen LogP contribution in [-0.2, 0) is 14.3 Å². The molecule has 1 N–H and O–H groups in total. The molecule has 3 aromatic rings. The van der Waals surface area contributed by atoms with Crippen molar-refractivity contribution in [3.05, 3.63) is 95.1 Å². The molecular formula is C26H25NO5. The van der Waals surface area contributed by atoms with Crippen LogP contribution in [0.4, 0.5) is 5.69 Å². The molecule has 0 heterocycles. The zero-order valence-corrected chi connectivity index (χ0v) is 18.3. The lowest BCUT2D eigenvalue weighted by atomic mass is 10.1. The Balaban J connectivity index is 1.69. The number of aryl methyl sites for hydroxylation is 2. The fraction of sp³-hybridized carbons (Fsp3) is 0.192. The van der Waals surface area contributed by atoms with E-state index in [9.17, 15) is 14.4 Å². The van der Waals surface area contributed by atoms with Crippen LogP contribution in [0, 0.1) is 13.8 Å². The van der Waals surface area contributed by atoms with Crippen LogP contribution in [0.15, 0.2) is 72.8 Å². The molecule has 0 fully saturated rings. The molecule has 0 radical (unpaired) electrons. The van der Waals surface area contributed by atoms with E-state index in [-0.39, 0.29) is 12.4 Å². The molecule has 164 valence electrons. The van der Waals surface area contributed by atoms with Crippen molar-refractivity contribution in [1.82, 2.24) is 0 Å². The molecule has 32 heavy (non-hydrogen) atoms. The molecule has 3 rings (SSSR count). The Labute approximate surface area is 187 Å². The molecule has 0 saturated carbocycles. The van der Waals surface area contributed by atoms with E-state index in [1.165, 1.54) is 6.92 Å². The summed E-state index contributed by atoms with van der Waals surface area (Å²) in [6, 6.07) is 21.0. The smallest absolute Gasteiger partial charge is 0.345 e. The first-order valence-electron chi connectivity index (χ1n) is 10.2. The number of hydrogen-bond acceptors (Lipinski definition) is 5. The Morgan fingerprint density at radius 3 is 2.09 bits per heavy atom. The summed E-state index contributed by atoms with van der Waals surface area (Å²) in [4.78, 5) is 36.8. The summed E-state index contributed by atoms with van der Waals surface area (Å²) < 4.78 is 10.9. The number of carbonyl (C=O) groups is 3. The molecule has 1 atom stereocenters. The van der Waals surface area contributed by atoms with E-state index in [2.05, 4.69) is 5.32 Å². The third kappa shape index (κ3) is 6.28. The van der Waals surface area contributed by atoms with Crippen LogP contribution < -0.4 is 10.1 Å². The standard InChI is InChI=1S/C26H25NO5/c1-17-13-18(2)15-22(14-17)27-26(30)25(21-7-5-4-6-8-21)32-24(29)16-31-23-11-9-20(10-12-23)19(3)28/h4-15,25H,16H2,1-3H3,(H,27,30). The number of benzene rings is 3. The van der Waals surface area contributed by atoms with E-state index in [4.69, 9.17) is 9.47 Å². The van der Waals surface area contributed by atoms with Gasteiger partial charge in [-0.05, 0) is 68.3 Å². The number of esters is 1. The van der Waals surface area contributed by atoms with Crippen molar-refractivity contribution in [1.29, 1.82) is 0 Å². The topological polar surface area (TPSA) is 81.7 Å². The second-order valence-electron chi connectivity index (χ2n) is 7.52. The minimum Gasteiger partial charge on any atom is -0.482 e. The first kappa shape index (κ1) is 22.7. The van der Waals surface area contributed by atoms with Gasteiger partial charge in [0.2, 0.25) is 6.10 Å². The van der Waals surface area contributed by atoms with Crippen LogP contribution in [-0.4, -0.2) is 24.3 Å². The van der Waals surface area contributed by atoms with Gasteiger partial charge in [0.05, 0.1) is 0 Å². The maximum Gasteiger partial charge on any atom is 0.345 e. The maximum absolute atomic E-state index is 13.0. The highest BCUT2D eigenvalue weighted by Crippen LogP contribution is 2.22. The quantitative estimate of drug-likeness (QED) is 0.409. The van der Waals surface area contributed by atoms with Crippen LogP contribution >= 0.6 is 0 Å². The molecule has 0 bridgehead atoms. The summed E-state index contributed by atoms with van der Waals surface area (Å²) in [6.07, 6.45) is -1.13. The number of ketones is 1. The van der Waals surface area contributed by atoms with Gasteiger partial charge in [-0.3, -0.25) is 9.59 Å². The molecule has 6 heteroatoms. The lowest BCUT2D eigenvalue weighted by molar-refractivity contribution is -0.156. The summed E-state index contributed by atoms with van der Waals surface area (Å²) in [5.74, 6) is -0.787. The fourth-order valence-electron chi connectivity index (χ4n) is 3.25. The lowest BCUT2D eigenvalue weighted by Gasteiger charge is -2.18. The van der Waals surface area contributed by atoms with E-state index in [0.717, 1.165) is 11.1 Å². The Morgan fingerprint density at radius 1 is 0.875 bits per heavy atom. The summed E-state index contributed by atoms with van der Waals surface area (Å²) in [5, 5.41) is 2.83. The molecule has 0 spiro atoms. The normalized spacial score (nSPS) is 11.3. The highest BCUT2D eigenvalue weighted by Gasteiger charge is 2.25. The van der Waals surface area contributed by atoms with Crippen LogP contribution in [0.5, 0.6) is 5.75 Å². The van der Waals surface area contributed by atoms with Crippen LogP contribution in [0.1, 0.15) is 40.1 Å². The minimum absolute atomic E-state index is 0.0588. The second kappa shape index (κ2) is 10.4. The molecule has 0 aliphatic rings. The third-order valence-electron chi connectivity index (χ3n) is 4.70. The number of amides is 1. The zero-order chi connectivity index (χ0) is 23.1. The summed E-state index contributed by atoms with van der Waals surface area (Å²) >= 11 is 0. The molecule has 0 saturated heterocycles. The SMILES string of the molecule is CC(=O)c1ccc(OCC(=O)OC(C(=O)Nc2cc(C)cc(C)c2)c2ccccc2)cc1. The molecule has 3 aromatic carbocycles. The minimum atomic E-state index is -1.13. The number of hydrogen-bond donors (Lipinski definition) is 1. The van der Waals surface area contributed by atoms with E-state index in [0.29, 0.717) is 22.6 Å². The van der Waals surface area contributed by atoms with Crippen LogP contribution in [0.3, 0.4) is 0 Å². The van der Waals surface area contributed by atoms with Gasteiger partial charge in [-0.1, -0.05) is 36.4 Å². The Morgan fingerprint density at radius 2 is 1.50 bits per heavy atom. The number of carbonyl (C=O) groups excluding carboxylic acids is 3. The highest BCUT2D eigenvalue weighted by atomic mass is 16.6. The maximum atomic E-state index is 13.0. The largest absolute Gasteiger partial charge is 0.482 e. The van der Waals surface area contributed by atoms with Crippen molar-refractivity contribution in [2.45, 2.75) is 26.9 Å². The van der Waals surface area contributed by atoms with Crippen molar-refractivity contribution >= 4 is 23.3 Å². The van der Waals surface area contributed by atoms with Crippen molar-refractivity contribution in [2.75, 3.05) is 11.9 Å². The number of rotatable bonds is 8. The van der Waals surface area contributed by atoms with Gasteiger partial charge in [-0.2, -0.15) is 0 Å². The first-order chi connectivity index (χ1) is 15.3. The Kier molecular flexibility index (Phi) is 7.39. The second-order valence-corrected chi connectivity index (χ2v) is 7.52. The average Bonchev–Trinajstić information content (AvgIpc) is 2.76. The summed E-state index contributed by atoms with van der Waals surface area (Å²) in [5.41, 5.74) is 3.75. The monoisotopic (exact) mass is 431 g/mol.